The van der Waals surface area contributed by atoms with Crippen molar-refractivity contribution in [2.45, 2.75) is 37.6 Å². The number of amides is 1. The quantitative estimate of drug-likeness (QED) is 0.583. The normalized spacial score (nSPS) is 15.8. The highest BCUT2D eigenvalue weighted by Crippen LogP contribution is 2.24. The number of rotatable bonds is 6. The molecule has 0 radical (unpaired) electrons. The Morgan fingerprint density at radius 1 is 1.16 bits per heavy atom. The Morgan fingerprint density at radius 2 is 1.84 bits per heavy atom. The number of oxazole rings is 1. The Balaban J connectivity index is 1.38. The van der Waals surface area contributed by atoms with E-state index in [1.807, 2.05) is 0 Å². The van der Waals surface area contributed by atoms with Crippen molar-refractivity contribution < 1.29 is 17.6 Å². The third-order valence-electron chi connectivity index (χ3n) is 5.71. The van der Waals surface area contributed by atoms with Crippen LogP contribution in [-0.2, 0) is 21.4 Å². The molecule has 1 aromatic heterocycles. The van der Waals surface area contributed by atoms with Crippen molar-refractivity contribution in [1.82, 2.24) is 8.87 Å². The first-order valence-corrected chi connectivity index (χ1v) is 12.2. The monoisotopic (exact) mass is 477 g/mol. The van der Waals surface area contributed by atoms with Gasteiger partial charge in [0, 0.05) is 42.8 Å². The minimum absolute atomic E-state index is 0.0448. The van der Waals surface area contributed by atoms with Gasteiger partial charge < -0.3 is 9.73 Å². The third-order valence-corrected chi connectivity index (χ3v) is 7.86. The molecule has 1 fully saturated rings. The number of piperidine rings is 1. The highest BCUT2D eigenvalue weighted by atomic mass is 35.5. The van der Waals surface area contributed by atoms with Gasteiger partial charge in [-0.1, -0.05) is 18.5 Å². The molecule has 3 aromatic rings. The lowest BCUT2D eigenvalue weighted by Gasteiger charge is -2.29. The van der Waals surface area contributed by atoms with Crippen LogP contribution in [0.5, 0.6) is 0 Å². The second-order valence-electron chi connectivity index (χ2n) is 8.04. The van der Waals surface area contributed by atoms with Crippen LogP contribution >= 0.6 is 11.6 Å². The Bertz CT molecular complexity index is 1290. The van der Waals surface area contributed by atoms with E-state index >= 15 is 0 Å². The van der Waals surface area contributed by atoms with Crippen LogP contribution in [0.2, 0.25) is 5.02 Å². The lowest BCUT2D eigenvalue weighted by Crippen LogP contribution is -2.37. The molecule has 0 saturated carbocycles. The molecule has 8 nitrogen and oxygen atoms in total. The van der Waals surface area contributed by atoms with Crippen molar-refractivity contribution in [2.75, 3.05) is 18.4 Å². The number of sulfonamides is 1. The van der Waals surface area contributed by atoms with Gasteiger partial charge in [-0.25, -0.2) is 13.2 Å². The number of halogens is 1. The molecule has 1 N–H and O–H groups in total. The van der Waals surface area contributed by atoms with Gasteiger partial charge in [0.2, 0.25) is 15.9 Å². The van der Waals surface area contributed by atoms with Gasteiger partial charge in [0.1, 0.15) is 0 Å². The predicted molar refractivity (Wildman–Crippen MR) is 122 cm³/mol. The van der Waals surface area contributed by atoms with Crippen LogP contribution in [0, 0.1) is 5.92 Å². The summed E-state index contributed by atoms with van der Waals surface area (Å²) in [5.74, 6) is -0.328. The third kappa shape index (κ3) is 4.74. The number of aryl methyl sites for hydroxylation is 1. The van der Waals surface area contributed by atoms with E-state index in [9.17, 15) is 18.0 Å². The van der Waals surface area contributed by atoms with Crippen LogP contribution in [0.4, 0.5) is 5.69 Å². The summed E-state index contributed by atoms with van der Waals surface area (Å²) in [6.45, 7) is 3.31. The first-order valence-electron chi connectivity index (χ1n) is 10.4. The Labute approximate surface area is 190 Å². The Morgan fingerprint density at radius 3 is 2.53 bits per heavy atom. The molecule has 0 aliphatic carbocycles. The average molecular weight is 478 g/mol. The summed E-state index contributed by atoms with van der Waals surface area (Å²) >= 11 is 5.91. The van der Waals surface area contributed by atoms with E-state index in [0.717, 1.165) is 12.8 Å². The highest BCUT2D eigenvalue weighted by molar-refractivity contribution is 7.89. The summed E-state index contributed by atoms with van der Waals surface area (Å²) in [5, 5.41) is 3.19. The number of hydrogen-bond acceptors (Lipinski definition) is 5. The van der Waals surface area contributed by atoms with Crippen molar-refractivity contribution in [1.29, 1.82) is 0 Å². The molecule has 1 saturated heterocycles. The van der Waals surface area contributed by atoms with Crippen LogP contribution in [-0.4, -0.2) is 36.3 Å². The van der Waals surface area contributed by atoms with Gasteiger partial charge in [0.15, 0.2) is 5.58 Å². The fourth-order valence-electron chi connectivity index (χ4n) is 3.77. The van der Waals surface area contributed by atoms with Gasteiger partial charge in [-0.05, 0) is 55.2 Å². The molecule has 4 rings (SSSR count). The number of nitrogens with one attached hydrogen (secondary N) is 1. The number of hydrogen-bond donors (Lipinski definition) is 1. The number of nitrogens with zero attached hydrogens (tertiary/aromatic N) is 2. The predicted octanol–water partition coefficient (Wildman–Crippen LogP) is 3.70. The molecular weight excluding hydrogens is 454 g/mol. The van der Waals surface area contributed by atoms with Crippen LogP contribution in [0.25, 0.3) is 11.1 Å². The summed E-state index contributed by atoms with van der Waals surface area (Å²) in [4.78, 5) is 24.6. The Kier molecular flexibility index (Phi) is 6.41. The maximum Gasteiger partial charge on any atom is 0.419 e. The van der Waals surface area contributed by atoms with Gasteiger partial charge in [0.25, 0.3) is 0 Å². The number of fused-ring (bicyclic) bond motifs is 1. The molecule has 1 aliphatic rings. The maximum atomic E-state index is 12.8. The van der Waals surface area contributed by atoms with E-state index < -0.39 is 15.8 Å². The lowest BCUT2D eigenvalue weighted by molar-refractivity contribution is -0.116. The summed E-state index contributed by atoms with van der Waals surface area (Å²) in [7, 11) is -3.54. The Hall–Kier alpha value is -2.62. The SMILES string of the molecule is CC1CCN(S(=O)(=O)c2ccc(NC(=O)CCn3c(=O)oc4cc(Cl)ccc43)cc2)CC1. The van der Waals surface area contributed by atoms with Gasteiger partial charge in [0.05, 0.1) is 10.4 Å². The molecule has 0 atom stereocenters. The van der Waals surface area contributed by atoms with Gasteiger partial charge in [-0.2, -0.15) is 4.31 Å². The number of anilines is 1. The zero-order chi connectivity index (χ0) is 22.9. The molecule has 0 spiro atoms. The van der Waals surface area contributed by atoms with Gasteiger partial charge in [-0.15, -0.1) is 0 Å². The van der Waals surface area contributed by atoms with E-state index in [4.69, 9.17) is 16.0 Å². The van der Waals surface area contributed by atoms with Crippen LogP contribution in [0.15, 0.2) is 56.6 Å². The molecule has 0 unspecified atom stereocenters. The zero-order valence-corrected chi connectivity index (χ0v) is 19.2. The number of carbonyl (C=O) groups excluding carboxylic acids is 1. The summed E-state index contributed by atoms with van der Waals surface area (Å²) < 4.78 is 33.7. The van der Waals surface area contributed by atoms with Gasteiger partial charge in [-0.3, -0.25) is 9.36 Å². The second kappa shape index (κ2) is 9.09. The molecular formula is C22H24ClN3O5S. The number of carbonyl (C=O) groups is 1. The largest absolute Gasteiger partial charge is 0.419 e. The van der Waals surface area contributed by atoms with Crippen molar-refractivity contribution in [3.05, 3.63) is 58.0 Å². The molecule has 1 aliphatic heterocycles. The zero-order valence-electron chi connectivity index (χ0n) is 17.6. The number of benzene rings is 2. The fraction of sp³-hybridized carbons (Fsp3) is 0.364. The smallest absolute Gasteiger partial charge is 0.408 e. The standard InChI is InChI=1S/C22H24ClN3O5S/c1-15-8-11-25(12-9-15)32(29,30)18-5-3-17(4-6-18)24-21(27)10-13-26-19-7-2-16(23)14-20(19)31-22(26)28/h2-7,14-15H,8-13H2,1H3,(H,24,27). The first-order chi connectivity index (χ1) is 15.2. The maximum absolute atomic E-state index is 12.8. The van der Waals surface area contributed by atoms with Crippen molar-refractivity contribution >= 4 is 44.3 Å². The molecule has 2 aromatic carbocycles. The van der Waals surface area contributed by atoms with Crippen LogP contribution < -0.4 is 11.1 Å². The lowest BCUT2D eigenvalue weighted by atomic mass is 10.0. The van der Waals surface area contributed by atoms with E-state index in [2.05, 4.69) is 12.2 Å². The van der Waals surface area contributed by atoms with Crippen molar-refractivity contribution in [3.8, 4) is 0 Å². The molecule has 170 valence electrons. The molecule has 1 amide bonds. The van der Waals surface area contributed by atoms with E-state index in [1.54, 1.807) is 30.3 Å². The average Bonchev–Trinajstić information content (AvgIpc) is 3.07. The van der Waals surface area contributed by atoms with Crippen LogP contribution in [0.1, 0.15) is 26.2 Å². The van der Waals surface area contributed by atoms with Gasteiger partial charge >= 0.3 is 5.76 Å². The summed E-state index contributed by atoms with van der Waals surface area (Å²) in [5.41, 5.74) is 1.41. The highest BCUT2D eigenvalue weighted by Gasteiger charge is 2.27. The minimum Gasteiger partial charge on any atom is -0.408 e. The topological polar surface area (TPSA) is 102 Å². The van der Waals surface area contributed by atoms with E-state index in [-0.39, 0.29) is 23.8 Å². The number of aromatic nitrogens is 1. The minimum atomic E-state index is -3.54. The van der Waals surface area contributed by atoms with Crippen molar-refractivity contribution in [3.63, 3.8) is 0 Å². The molecule has 32 heavy (non-hydrogen) atoms. The summed E-state index contributed by atoms with van der Waals surface area (Å²) in [6, 6.07) is 11.0. The second-order valence-corrected chi connectivity index (χ2v) is 10.4. The molecule has 0 bridgehead atoms. The first kappa shape index (κ1) is 22.6. The van der Waals surface area contributed by atoms with E-state index in [1.165, 1.54) is 21.0 Å². The summed E-state index contributed by atoms with van der Waals surface area (Å²) in [6.07, 6.45) is 1.76. The molecule has 2 heterocycles. The van der Waals surface area contributed by atoms with Crippen molar-refractivity contribution in [2.24, 2.45) is 5.92 Å². The van der Waals surface area contributed by atoms with Crippen LogP contribution in [0.3, 0.4) is 0 Å². The fourth-order valence-corrected chi connectivity index (χ4v) is 5.41. The van der Waals surface area contributed by atoms with E-state index in [0.29, 0.717) is 40.8 Å². The molecule has 10 heteroatoms.